The average Bonchev–Trinajstić information content (AvgIpc) is 3.15. The quantitative estimate of drug-likeness (QED) is 0.354. The summed E-state index contributed by atoms with van der Waals surface area (Å²) < 4.78 is 0. The molecule has 4 rings (SSSR count). The van der Waals surface area contributed by atoms with Crippen LogP contribution in [0.15, 0.2) is 53.6 Å². The second kappa shape index (κ2) is 6.59. The molecule has 27 heavy (non-hydrogen) atoms. The van der Waals surface area contributed by atoms with Crippen LogP contribution >= 0.6 is 0 Å². The zero-order valence-corrected chi connectivity index (χ0v) is 14.3. The van der Waals surface area contributed by atoms with Gasteiger partial charge in [-0.05, 0) is 36.6 Å². The van der Waals surface area contributed by atoms with Gasteiger partial charge in [0.25, 0.3) is 17.7 Å². The molecular formula is C19H15N5O3. The summed E-state index contributed by atoms with van der Waals surface area (Å²) in [5.74, 6) is -1.30. The van der Waals surface area contributed by atoms with Gasteiger partial charge in [0.15, 0.2) is 0 Å². The number of azide groups is 1. The fraction of sp³-hybridized carbons (Fsp3) is 0.211. The number of hydrogen-bond donors (Lipinski definition) is 0. The lowest BCUT2D eigenvalue weighted by atomic mass is 10.1. The Bertz CT molecular complexity index is 1010. The van der Waals surface area contributed by atoms with Crippen LogP contribution in [0.5, 0.6) is 0 Å². The largest absolute Gasteiger partial charge is 0.327 e. The molecule has 1 saturated heterocycles. The number of para-hydroxylation sites is 1. The van der Waals surface area contributed by atoms with Crippen molar-refractivity contribution in [2.45, 2.75) is 18.9 Å². The van der Waals surface area contributed by atoms with Crippen molar-refractivity contribution in [1.82, 2.24) is 4.90 Å². The number of imide groups is 1. The Morgan fingerprint density at radius 3 is 2.67 bits per heavy atom. The standard InChI is InChI=1S/C19H15N5O3/c20-22-21-14-8-3-1-6-12(14)18(26)24-15-9-4-2-7-13(15)17(25)23-11-5-10-16(23)19(24)27/h1-4,6-9,16H,5,10-11H2/t16-/m0/s1. The Kier molecular flexibility index (Phi) is 4.10. The fourth-order valence-corrected chi connectivity index (χ4v) is 3.66. The molecule has 2 aliphatic heterocycles. The molecule has 2 aromatic carbocycles. The van der Waals surface area contributed by atoms with Crippen molar-refractivity contribution in [2.24, 2.45) is 5.11 Å². The molecule has 0 saturated carbocycles. The van der Waals surface area contributed by atoms with Crippen molar-refractivity contribution in [3.63, 3.8) is 0 Å². The first-order valence-corrected chi connectivity index (χ1v) is 8.56. The summed E-state index contributed by atoms with van der Waals surface area (Å²) in [5.41, 5.74) is 9.57. The van der Waals surface area contributed by atoms with Gasteiger partial charge in [-0.2, -0.15) is 0 Å². The van der Waals surface area contributed by atoms with Crippen LogP contribution in [0.25, 0.3) is 10.4 Å². The van der Waals surface area contributed by atoms with Gasteiger partial charge < -0.3 is 4.90 Å². The van der Waals surface area contributed by atoms with Crippen LogP contribution in [0, 0.1) is 0 Å². The molecule has 1 atom stereocenters. The van der Waals surface area contributed by atoms with Gasteiger partial charge in [0, 0.05) is 17.0 Å². The van der Waals surface area contributed by atoms with Crippen molar-refractivity contribution >= 4 is 29.1 Å². The van der Waals surface area contributed by atoms with Crippen LogP contribution in [-0.4, -0.2) is 35.2 Å². The number of fused-ring (bicyclic) bond motifs is 2. The highest BCUT2D eigenvalue weighted by Gasteiger charge is 2.44. The van der Waals surface area contributed by atoms with E-state index in [2.05, 4.69) is 10.0 Å². The van der Waals surface area contributed by atoms with Crippen LogP contribution in [0.4, 0.5) is 11.4 Å². The zero-order valence-electron chi connectivity index (χ0n) is 14.3. The van der Waals surface area contributed by atoms with Crippen LogP contribution in [0.1, 0.15) is 33.6 Å². The van der Waals surface area contributed by atoms with Crippen molar-refractivity contribution in [3.05, 3.63) is 70.1 Å². The third-order valence-corrected chi connectivity index (χ3v) is 4.88. The minimum absolute atomic E-state index is 0.109. The zero-order chi connectivity index (χ0) is 19.0. The van der Waals surface area contributed by atoms with Crippen LogP contribution < -0.4 is 4.90 Å². The van der Waals surface area contributed by atoms with Crippen LogP contribution in [-0.2, 0) is 4.79 Å². The molecule has 2 aromatic rings. The van der Waals surface area contributed by atoms with Gasteiger partial charge >= 0.3 is 0 Å². The van der Waals surface area contributed by atoms with E-state index >= 15 is 0 Å². The molecule has 0 unspecified atom stereocenters. The van der Waals surface area contributed by atoms with Crippen LogP contribution in [0.2, 0.25) is 0 Å². The monoisotopic (exact) mass is 361 g/mol. The first-order chi connectivity index (χ1) is 13.1. The molecule has 2 heterocycles. The SMILES string of the molecule is [N-]=[N+]=Nc1ccccc1C(=O)N1C(=O)[C@@H]2CCCN2C(=O)c2ccccc21. The fourth-order valence-electron chi connectivity index (χ4n) is 3.66. The Labute approximate surface area is 154 Å². The van der Waals surface area contributed by atoms with E-state index in [0.717, 1.165) is 4.90 Å². The lowest BCUT2D eigenvalue weighted by Crippen LogP contribution is -2.47. The number of anilines is 1. The molecule has 3 amide bonds. The number of amides is 3. The van der Waals surface area contributed by atoms with E-state index in [0.29, 0.717) is 24.9 Å². The maximum Gasteiger partial charge on any atom is 0.265 e. The predicted molar refractivity (Wildman–Crippen MR) is 97.6 cm³/mol. The molecule has 0 aromatic heterocycles. The highest BCUT2D eigenvalue weighted by molar-refractivity contribution is 6.27. The minimum Gasteiger partial charge on any atom is -0.327 e. The third-order valence-electron chi connectivity index (χ3n) is 4.88. The summed E-state index contributed by atoms with van der Waals surface area (Å²) in [4.78, 5) is 44.8. The number of nitrogens with zero attached hydrogens (tertiary/aromatic N) is 5. The molecule has 1 fully saturated rings. The van der Waals surface area contributed by atoms with Gasteiger partial charge in [-0.15, -0.1) is 0 Å². The summed E-state index contributed by atoms with van der Waals surface area (Å²) in [7, 11) is 0. The van der Waals surface area contributed by atoms with Crippen molar-refractivity contribution in [2.75, 3.05) is 11.4 Å². The number of rotatable bonds is 2. The summed E-state index contributed by atoms with van der Waals surface area (Å²) >= 11 is 0. The molecule has 0 aliphatic carbocycles. The molecule has 134 valence electrons. The minimum atomic E-state index is -0.666. The number of benzene rings is 2. The van der Waals surface area contributed by atoms with Gasteiger partial charge in [-0.3, -0.25) is 14.4 Å². The van der Waals surface area contributed by atoms with E-state index in [9.17, 15) is 14.4 Å². The van der Waals surface area contributed by atoms with E-state index < -0.39 is 17.9 Å². The highest BCUT2D eigenvalue weighted by Crippen LogP contribution is 2.34. The summed E-state index contributed by atoms with van der Waals surface area (Å²) in [6.07, 6.45) is 1.22. The van der Waals surface area contributed by atoms with E-state index in [1.807, 2.05) is 0 Å². The molecule has 2 aliphatic rings. The smallest absolute Gasteiger partial charge is 0.265 e. The van der Waals surface area contributed by atoms with Crippen molar-refractivity contribution in [1.29, 1.82) is 0 Å². The Balaban J connectivity index is 1.89. The molecule has 8 nitrogen and oxygen atoms in total. The van der Waals surface area contributed by atoms with Crippen LogP contribution in [0.3, 0.4) is 0 Å². The Morgan fingerprint density at radius 2 is 1.85 bits per heavy atom. The lowest BCUT2D eigenvalue weighted by molar-refractivity contribution is -0.121. The Hall–Kier alpha value is -3.64. The van der Waals surface area contributed by atoms with E-state index in [4.69, 9.17) is 5.53 Å². The van der Waals surface area contributed by atoms with Gasteiger partial charge in [0.1, 0.15) is 6.04 Å². The van der Waals surface area contributed by atoms with Gasteiger partial charge in [-0.1, -0.05) is 35.4 Å². The lowest BCUT2D eigenvalue weighted by Gasteiger charge is -2.24. The number of carbonyl (C=O) groups is 3. The maximum absolute atomic E-state index is 13.3. The molecule has 0 spiro atoms. The topological polar surface area (TPSA) is 106 Å². The summed E-state index contributed by atoms with van der Waals surface area (Å²) in [6, 6.07) is 12.2. The molecule has 0 bridgehead atoms. The van der Waals surface area contributed by atoms with Gasteiger partial charge in [-0.25, -0.2) is 4.90 Å². The first-order valence-electron chi connectivity index (χ1n) is 8.56. The highest BCUT2D eigenvalue weighted by atomic mass is 16.2. The van der Waals surface area contributed by atoms with E-state index in [-0.39, 0.29) is 22.8 Å². The summed E-state index contributed by atoms with van der Waals surface area (Å²) in [5, 5.41) is 3.55. The van der Waals surface area contributed by atoms with Gasteiger partial charge in [0.2, 0.25) is 0 Å². The van der Waals surface area contributed by atoms with E-state index in [1.165, 1.54) is 17.0 Å². The van der Waals surface area contributed by atoms with Gasteiger partial charge in [0.05, 0.1) is 16.9 Å². The second-order valence-corrected chi connectivity index (χ2v) is 6.36. The molecule has 0 N–H and O–H groups in total. The van der Waals surface area contributed by atoms with E-state index in [1.54, 1.807) is 36.4 Å². The first kappa shape index (κ1) is 16.8. The predicted octanol–water partition coefficient (Wildman–Crippen LogP) is 3.42. The second-order valence-electron chi connectivity index (χ2n) is 6.36. The maximum atomic E-state index is 13.3. The Morgan fingerprint density at radius 1 is 1.11 bits per heavy atom. The van der Waals surface area contributed by atoms with Crippen molar-refractivity contribution < 1.29 is 14.4 Å². The molecular weight excluding hydrogens is 346 g/mol. The third kappa shape index (κ3) is 2.63. The number of hydrogen-bond acceptors (Lipinski definition) is 4. The molecule has 8 heteroatoms. The van der Waals surface area contributed by atoms with Crippen molar-refractivity contribution in [3.8, 4) is 0 Å². The number of carbonyl (C=O) groups excluding carboxylic acids is 3. The molecule has 0 radical (unpaired) electrons. The average molecular weight is 361 g/mol. The summed E-state index contributed by atoms with van der Waals surface area (Å²) in [6.45, 7) is 0.487. The normalized spacial score (nSPS) is 18.4.